The molecule has 1 aromatic carbocycles. The molecular formula is C18H25ClN4O3S. The van der Waals surface area contributed by atoms with Gasteiger partial charge in [0.25, 0.3) is 5.91 Å². The average molecular weight is 413 g/mol. The van der Waals surface area contributed by atoms with E-state index in [9.17, 15) is 13.2 Å². The Hall–Kier alpha value is -1.87. The molecule has 3 N–H and O–H groups in total. The van der Waals surface area contributed by atoms with Crippen LogP contribution in [0.2, 0.25) is 0 Å². The number of nitrogens with one attached hydrogen (secondary N) is 1. The van der Waals surface area contributed by atoms with Crippen molar-refractivity contribution in [1.29, 1.82) is 0 Å². The molecule has 1 unspecified atom stereocenters. The number of rotatable bonds is 5. The highest BCUT2D eigenvalue weighted by atomic mass is 35.5. The van der Waals surface area contributed by atoms with E-state index < -0.39 is 15.9 Å². The van der Waals surface area contributed by atoms with E-state index in [0.29, 0.717) is 19.6 Å². The summed E-state index contributed by atoms with van der Waals surface area (Å²) in [5, 5.41) is 3.26. The minimum Gasteiger partial charge on any atom is -0.364 e. The fourth-order valence-electron chi connectivity index (χ4n) is 3.29. The van der Waals surface area contributed by atoms with E-state index in [4.69, 9.17) is 5.73 Å². The van der Waals surface area contributed by atoms with Crippen LogP contribution in [0.1, 0.15) is 34.6 Å². The molecule has 0 aliphatic carbocycles. The lowest BCUT2D eigenvalue weighted by Gasteiger charge is -2.35. The summed E-state index contributed by atoms with van der Waals surface area (Å²) in [4.78, 5) is 11.6. The molecule has 0 saturated carbocycles. The number of nitrogens with zero attached hydrogens (tertiary/aromatic N) is 2. The Morgan fingerprint density at radius 2 is 1.96 bits per heavy atom. The molecule has 2 heterocycles. The number of hydrogen-bond acceptors (Lipinski definition) is 4. The van der Waals surface area contributed by atoms with Crippen molar-refractivity contribution in [2.24, 2.45) is 12.8 Å². The maximum Gasteiger partial charge on any atom is 0.265 e. The molecule has 1 aliphatic rings. The van der Waals surface area contributed by atoms with E-state index in [1.807, 2.05) is 24.3 Å². The first-order chi connectivity index (χ1) is 12.3. The summed E-state index contributed by atoms with van der Waals surface area (Å²) >= 11 is 0. The minimum atomic E-state index is -3.75. The Balaban J connectivity index is 0.00000261. The second-order valence-electron chi connectivity index (χ2n) is 6.47. The summed E-state index contributed by atoms with van der Waals surface area (Å²) in [6.45, 7) is 3.57. The number of hydrogen-bond donors (Lipinski definition) is 2. The number of aryl methyl sites for hydroxylation is 2. The van der Waals surface area contributed by atoms with Crippen molar-refractivity contribution < 1.29 is 13.2 Å². The molecule has 0 spiro atoms. The van der Waals surface area contributed by atoms with Crippen molar-refractivity contribution in [3.05, 3.63) is 53.3 Å². The zero-order valence-electron chi connectivity index (χ0n) is 15.4. The molecule has 9 heteroatoms. The van der Waals surface area contributed by atoms with Crippen LogP contribution in [0.15, 0.2) is 41.4 Å². The average Bonchev–Trinajstić information content (AvgIpc) is 3.05. The Kier molecular flexibility index (Phi) is 6.69. The Morgan fingerprint density at radius 1 is 1.30 bits per heavy atom. The molecule has 27 heavy (non-hydrogen) atoms. The lowest BCUT2D eigenvalue weighted by molar-refractivity contribution is 0.0992. The zero-order chi connectivity index (χ0) is 18.9. The predicted molar refractivity (Wildman–Crippen MR) is 107 cm³/mol. The van der Waals surface area contributed by atoms with Gasteiger partial charge in [-0.15, -0.1) is 12.4 Å². The molecule has 1 fully saturated rings. The lowest BCUT2D eigenvalue weighted by atomic mass is 10.0. The van der Waals surface area contributed by atoms with Gasteiger partial charge in [0.05, 0.1) is 6.04 Å². The molecule has 1 aliphatic heterocycles. The molecule has 3 rings (SSSR count). The van der Waals surface area contributed by atoms with Gasteiger partial charge in [0.2, 0.25) is 10.0 Å². The van der Waals surface area contributed by atoms with Crippen LogP contribution in [0.3, 0.4) is 0 Å². The van der Waals surface area contributed by atoms with Gasteiger partial charge in [-0.3, -0.25) is 4.79 Å². The first-order valence-corrected chi connectivity index (χ1v) is 10.1. The Bertz CT molecular complexity index is 909. The fourth-order valence-corrected chi connectivity index (χ4v) is 4.97. The standard InChI is InChI=1S/C18H24N4O3S.ClH/c1-3-13-4-6-14(7-5-13)17-11-20-8-9-22(17)26(24,25)15-10-16(18(19)23)21(2)12-15;/h4-7,10,12,17,20H,3,8-9,11H2,1-2H3,(H2,19,23);1H. The van der Waals surface area contributed by atoms with Crippen LogP contribution in [-0.2, 0) is 23.5 Å². The third-order valence-corrected chi connectivity index (χ3v) is 6.68. The lowest BCUT2D eigenvalue weighted by Crippen LogP contribution is -2.48. The third-order valence-electron chi connectivity index (χ3n) is 4.81. The molecule has 0 radical (unpaired) electrons. The van der Waals surface area contributed by atoms with Gasteiger partial charge in [0.1, 0.15) is 10.6 Å². The maximum atomic E-state index is 13.2. The monoisotopic (exact) mass is 412 g/mol. The van der Waals surface area contributed by atoms with Crippen LogP contribution in [-0.4, -0.2) is 42.8 Å². The van der Waals surface area contributed by atoms with E-state index >= 15 is 0 Å². The number of amides is 1. The van der Waals surface area contributed by atoms with Gasteiger partial charge in [0, 0.05) is 32.9 Å². The topological polar surface area (TPSA) is 97.4 Å². The summed E-state index contributed by atoms with van der Waals surface area (Å²) in [5.74, 6) is -0.652. The molecule has 1 aromatic heterocycles. The number of piperazine rings is 1. The summed E-state index contributed by atoms with van der Waals surface area (Å²) in [7, 11) is -2.14. The summed E-state index contributed by atoms with van der Waals surface area (Å²) < 4.78 is 29.4. The maximum absolute atomic E-state index is 13.2. The van der Waals surface area contributed by atoms with Crippen molar-refractivity contribution in [2.45, 2.75) is 24.3 Å². The Labute approximate surface area is 166 Å². The van der Waals surface area contributed by atoms with Gasteiger partial charge in [0.15, 0.2) is 0 Å². The minimum absolute atomic E-state index is 0. The van der Waals surface area contributed by atoms with Crippen LogP contribution in [0.5, 0.6) is 0 Å². The summed E-state index contributed by atoms with van der Waals surface area (Å²) in [5.41, 5.74) is 7.64. The second-order valence-corrected chi connectivity index (χ2v) is 8.36. The van der Waals surface area contributed by atoms with Gasteiger partial charge in [-0.2, -0.15) is 4.31 Å². The largest absolute Gasteiger partial charge is 0.364 e. The van der Waals surface area contributed by atoms with Crippen molar-refractivity contribution in [1.82, 2.24) is 14.2 Å². The van der Waals surface area contributed by atoms with E-state index in [1.54, 1.807) is 7.05 Å². The normalized spacial score (nSPS) is 18.1. The number of primary amides is 1. The first-order valence-electron chi connectivity index (χ1n) is 8.62. The third kappa shape index (κ3) is 4.19. The number of aromatic nitrogens is 1. The summed E-state index contributed by atoms with van der Waals surface area (Å²) in [6.07, 6.45) is 2.37. The number of sulfonamides is 1. The van der Waals surface area contributed by atoms with E-state index in [1.165, 1.54) is 26.7 Å². The van der Waals surface area contributed by atoms with Gasteiger partial charge < -0.3 is 15.6 Å². The number of nitrogens with two attached hydrogens (primary N) is 1. The molecule has 1 saturated heterocycles. The highest BCUT2D eigenvalue weighted by Gasteiger charge is 2.35. The molecule has 1 atom stereocenters. The second kappa shape index (κ2) is 8.43. The highest BCUT2D eigenvalue weighted by molar-refractivity contribution is 7.89. The van der Waals surface area contributed by atoms with E-state index in [0.717, 1.165) is 12.0 Å². The van der Waals surface area contributed by atoms with Crippen molar-refractivity contribution in [3.63, 3.8) is 0 Å². The SMILES string of the molecule is CCc1ccc(C2CNCCN2S(=O)(=O)c2cc(C(N)=O)n(C)c2)cc1.Cl. The zero-order valence-corrected chi connectivity index (χ0v) is 17.0. The predicted octanol–water partition coefficient (Wildman–Crippen LogP) is 1.44. The van der Waals surface area contributed by atoms with Crippen LogP contribution < -0.4 is 11.1 Å². The van der Waals surface area contributed by atoms with Gasteiger partial charge in [-0.25, -0.2) is 8.42 Å². The van der Waals surface area contributed by atoms with Gasteiger partial charge >= 0.3 is 0 Å². The van der Waals surface area contributed by atoms with Crippen molar-refractivity contribution >= 4 is 28.3 Å². The van der Waals surface area contributed by atoms with Crippen molar-refractivity contribution in [2.75, 3.05) is 19.6 Å². The van der Waals surface area contributed by atoms with Crippen LogP contribution >= 0.6 is 12.4 Å². The number of carbonyl (C=O) groups is 1. The van der Waals surface area contributed by atoms with E-state index in [-0.39, 0.29) is 29.0 Å². The van der Waals surface area contributed by atoms with Crippen molar-refractivity contribution in [3.8, 4) is 0 Å². The first kappa shape index (κ1) is 21.4. The van der Waals surface area contributed by atoms with Crippen LogP contribution in [0.25, 0.3) is 0 Å². The van der Waals surface area contributed by atoms with Crippen LogP contribution in [0.4, 0.5) is 0 Å². The van der Waals surface area contributed by atoms with E-state index in [2.05, 4.69) is 12.2 Å². The number of benzene rings is 1. The molecule has 148 valence electrons. The fraction of sp³-hybridized carbons (Fsp3) is 0.389. The molecular weight excluding hydrogens is 388 g/mol. The number of halogens is 1. The summed E-state index contributed by atoms with van der Waals surface area (Å²) in [6, 6.07) is 9.08. The molecule has 0 bridgehead atoms. The molecule has 2 aromatic rings. The molecule has 7 nitrogen and oxygen atoms in total. The molecule has 1 amide bonds. The Morgan fingerprint density at radius 3 is 2.52 bits per heavy atom. The number of carbonyl (C=O) groups excluding carboxylic acids is 1. The van der Waals surface area contributed by atoms with Gasteiger partial charge in [-0.1, -0.05) is 31.2 Å². The van der Waals surface area contributed by atoms with Gasteiger partial charge in [-0.05, 0) is 23.6 Å². The smallest absolute Gasteiger partial charge is 0.265 e. The highest BCUT2D eigenvalue weighted by Crippen LogP contribution is 2.29. The quantitative estimate of drug-likeness (QED) is 0.776. The van der Waals surface area contributed by atoms with Crippen LogP contribution in [0, 0.1) is 0 Å².